The minimum absolute atomic E-state index is 0.123. The fourth-order valence-corrected chi connectivity index (χ4v) is 2.60. The van der Waals surface area contributed by atoms with Gasteiger partial charge in [-0.25, -0.2) is 13.8 Å². The molecule has 22 heavy (non-hydrogen) atoms. The Kier molecular flexibility index (Phi) is 3.66. The summed E-state index contributed by atoms with van der Waals surface area (Å²) in [6.07, 6.45) is 1.56. The van der Waals surface area contributed by atoms with Crippen molar-refractivity contribution >= 4 is 33.2 Å². The summed E-state index contributed by atoms with van der Waals surface area (Å²) in [5, 5.41) is 2.40. The summed E-state index contributed by atoms with van der Waals surface area (Å²) < 4.78 is 28.7. The molecule has 4 nitrogen and oxygen atoms in total. The van der Waals surface area contributed by atoms with Crippen LogP contribution in [0.5, 0.6) is 0 Å². The molecule has 1 amide bonds. The number of hydrogen-bond donors (Lipinski definition) is 1. The monoisotopic (exact) mass is 365 g/mol. The largest absolute Gasteiger partial charge is 0.317 e. The van der Waals surface area contributed by atoms with Crippen molar-refractivity contribution in [2.75, 3.05) is 5.32 Å². The first-order valence-electron chi connectivity index (χ1n) is 6.36. The summed E-state index contributed by atoms with van der Waals surface area (Å²) >= 11 is 3.02. The molecular formula is C15H10BrF2N3O. The normalized spacial score (nSPS) is 10.9. The van der Waals surface area contributed by atoms with Crippen molar-refractivity contribution in [3.63, 3.8) is 0 Å². The quantitative estimate of drug-likeness (QED) is 0.747. The van der Waals surface area contributed by atoms with Crippen LogP contribution in [0.4, 0.5) is 14.5 Å². The van der Waals surface area contributed by atoms with Crippen molar-refractivity contribution in [1.29, 1.82) is 0 Å². The molecule has 2 aromatic heterocycles. The van der Waals surface area contributed by atoms with Crippen molar-refractivity contribution < 1.29 is 13.6 Å². The smallest absolute Gasteiger partial charge is 0.275 e. The summed E-state index contributed by atoms with van der Waals surface area (Å²) in [7, 11) is 0. The van der Waals surface area contributed by atoms with Crippen LogP contribution in [-0.4, -0.2) is 15.3 Å². The van der Waals surface area contributed by atoms with Gasteiger partial charge in [0.2, 0.25) is 0 Å². The topological polar surface area (TPSA) is 46.4 Å². The van der Waals surface area contributed by atoms with E-state index in [-0.39, 0.29) is 15.9 Å². The average molecular weight is 366 g/mol. The number of imidazole rings is 1. The maximum Gasteiger partial charge on any atom is 0.275 e. The van der Waals surface area contributed by atoms with Gasteiger partial charge in [0.25, 0.3) is 5.91 Å². The molecule has 0 atom stereocenters. The third-order valence-corrected chi connectivity index (χ3v) is 3.80. The van der Waals surface area contributed by atoms with E-state index < -0.39 is 17.5 Å². The maximum absolute atomic E-state index is 13.7. The van der Waals surface area contributed by atoms with Gasteiger partial charge in [-0.2, -0.15) is 0 Å². The number of carbonyl (C=O) groups is 1. The molecule has 0 aliphatic carbocycles. The molecule has 1 aromatic carbocycles. The minimum Gasteiger partial charge on any atom is -0.317 e. The van der Waals surface area contributed by atoms with E-state index in [2.05, 4.69) is 26.2 Å². The third kappa shape index (κ3) is 2.59. The highest BCUT2D eigenvalue weighted by Gasteiger charge is 2.16. The third-order valence-electron chi connectivity index (χ3n) is 3.17. The van der Waals surface area contributed by atoms with Crippen LogP contribution < -0.4 is 5.32 Å². The van der Waals surface area contributed by atoms with Gasteiger partial charge in [0.15, 0.2) is 5.82 Å². The van der Waals surface area contributed by atoms with Crippen molar-refractivity contribution in [2.45, 2.75) is 6.92 Å². The van der Waals surface area contributed by atoms with Gasteiger partial charge in [0, 0.05) is 22.4 Å². The number of hydrogen-bond acceptors (Lipinski definition) is 2. The highest BCUT2D eigenvalue weighted by molar-refractivity contribution is 9.10. The van der Waals surface area contributed by atoms with Crippen LogP contribution in [0.25, 0.3) is 5.65 Å². The Labute approximate surface area is 132 Å². The van der Waals surface area contributed by atoms with Crippen LogP contribution in [0.1, 0.15) is 16.2 Å². The molecule has 0 bridgehead atoms. The molecule has 7 heteroatoms. The van der Waals surface area contributed by atoms with Crippen molar-refractivity contribution in [3.8, 4) is 0 Å². The van der Waals surface area contributed by atoms with Gasteiger partial charge in [0.05, 0.1) is 5.69 Å². The lowest BCUT2D eigenvalue weighted by atomic mass is 10.3. The fourth-order valence-electron chi connectivity index (χ4n) is 2.10. The van der Waals surface area contributed by atoms with Crippen LogP contribution in [0.15, 0.2) is 41.0 Å². The number of pyridine rings is 1. The summed E-state index contributed by atoms with van der Waals surface area (Å²) in [4.78, 5) is 16.4. The van der Waals surface area contributed by atoms with Crippen LogP contribution >= 0.6 is 15.9 Å². The zero-order valence-electron chi connectivity index (χ0n) is 11.4. The number of aromatic nitrogens is 2. The Morgan fingerprint density at radius 2 is 2.09 bits per heavy atom. The standard InChI is InChI=1S/C15H10BrF2N3O/c1-8-3-2-4-13-19-12(7-21(8)13)15(22)20-14-10(16)5-9(17)6-11(14)18/h2-7H,1H3,(H,20,22). The molecular weight excluding hydrogens is 356 g/mol. The van der Waals surface area contributed by atoms with E-state index >= 15 is 0 Å². The Morgan fingerprint density at radius 3 is 2.77 bits per heavy atom. The van der Waals surface area contributed by atoms with Crippen LogP contribution in [0, 0.1) is 18.6 Å². The number of halogens is 3. The van der Waals surface area contributed by atoms with E-state index in [0.29, 0.717) is 11.7 Å². The molecule has 0 fully saturated rings. The first kappa shape index (κ1) is 14.6. The molecule has 0 aliphatic rings. The predicted molar refractivity (Wildman–Crippen MR) is 81.9 cm³/mol. The average Bonchev–Trinajstić information content (AvgIpc) is 2.88. The zero-order valence-corrected chi connectivity index (χ0v) is 13.0. The highest BCUT2D eigenvalue weighted by atomic mass is 79.9. The number of anilines is 1. The first-order chi connectivity index (χ1) is 10.5. The van der Waals surface area contributed by atoms with Gasteiger partial charge in [-0.15, -0.1) is 0 Å². The van der Waals surface area contributed by atoms with E-state index in [4.69, 9.17) is 0 Å². The van der Waals surface area contributed by atoms with Crippen LogP contribution in [-0.2, 0) is 0 Å². The van der Waals surface area contributed by atoms with E-state index in [1.54, 1.807) is 16.7 Å². The predicted octanol–water partition coefficient (Wildman–Crippen LogP) is 3.94. The molecule has 1 N–H and O–H groups in total. The Morgan fingerprint density at radius 1 is 1.32 bits per heavy atom. The summed E-state index contributed by atoms with van der Waals surface area (Å²) in [5.41, 5.74) is 1.55. The van der Waals surface area contributed by atoms with Crippen molar-refractivity contribution in [2.24, 2.45) is 0 Å². The number of nitrogens with one attached hydrogen (secondary N) is 1. The lowest BCUT2D eigenvalue weighted by Gasteiger charge is -2.07. The van der Waals surface area contributed by atoms with Crippen LogP contribution in [0.2, 0.25) is 0 Å². The van der Waals surface area contributed by atoms with E-state index in [0.717, 1.165) is 11.8 Å². The number of fused-ring (bicyclic) bond motifs is 1. The minimum atomic E-state index is -0.861. The van der Waals surface area contributed by atoms with Crippen LogP contribution in [0.3, 0.4) is 0 Å². The van der Waals surface area contributed by atoms with Crippen molar-refractivity contribution in [1.82, 2.24) is 9.38 Å². The molecule has 0 spiro atoms. The van der Waals surface area contributed by atoms with E-state index in [9.17, 15) is 13.6 Å². The number of aryl methyl sites for hydroxylation is 1. The number of amides is 1. The van der Waals surface area contributed by atoms with E-state index in [1.165, 1.54) is 0 Å². The molecule has 0 radical (unpaired) electrons. The van der Waals surface area contributed by atoms with Gasteiger partial charge >= 0.3 is 0 Å². The summed E-state index contributed by atoms with van der Waals surface area (Å²) in [5.74, 6) is -2.17. The van der Waals surface area contributed by atoms with Gasteiger partial charge < -0.3 is 9.72 Å². The fraction of sp³-hybridized carbons (Fsp3) is 0.0667. The zero-order chi connectivity index (χ0) is 15.9. The molecule has 0 aliphatic heterocycles. The second-order valence-electron chi connectivity index (χ2n) is 4.72. The number of carbonyl (C=O) groups excluding carboxylic acids is 1. The maximum atomic E-state index is 13.7. The number of nitrogens with zero attached hydrogens (tertiary/aromatic N) is 2. The molecule has 0 unspecified atom stereocenters. The molecule has 3 aromatic rings. The summed E-state index contributed by atoms with van der Waals surface area (Å²) in [6, 6.07) is 7.25. The Balaban J connectivity index is 1.95. The lowest BCUT2D eigenvalue weighted by Crippen LogP contribution is -2.14. The highest BCUT2D eigenvalue weighted by Crippen LogP contribution is 2.27. The molecule has 2 heterocycles. The Bertz CT molecular complexity index is 869. The van der Waals surface area contributed by atoms with Crippen molar-refractivity contribution in [3.05, 3.63) is 64.0 Å². The SMILES string of the molecule is Cc1cccc2nc(C(=O)Nc3c(F)cc(F)cc3Br)cn12. The molecule has 3 rings (SSSR count). The molecule has 112 valence electrons. The first-order valence-corrected chi connectivity index (χ1v) is 7.15. The molecule has 0 saturated carbocycles. The molecule has 0 saturated heterocycles. The summed E-state index contributed by atoms with van der Waals surface area (Å²) in [6.45, 7) is 1.88. The number of rotatable bonds is 2. The Hall–Kier alpha value is -2.28. The van der Waals surface area contributed by atoms with Gasteiger partial charge in [-0.3, -0.25) is 4.79 Å². The van der Waals surface area contributed by atoms with Gasteiger partial charge in [-0.1, -0.05) is 6.07 Å². The second kappa shape index (κ2) is 5.49. The second-order valence-corrected chi connectivity index (χ2v) is 5.57. The van der Waals surface area contributed by atoms with Gasteiger partial charge in [-0.05, 0) is 41.1 Å². The lowest BCUT2D eigenvalue weighted by molar-refractivity contribution is 0.102. The number of benzene rings is 1. The van der Waals surface area contributed by atoms with E-state index in [1.807, 2.05) is 19.1 Å². The van der Waals surface area contributed by atoms with Gasteiger partial charge in [0.1, 0.15) is 17.2 Å².